The molecule has 0 saturated carbocycles. The van der Waals surface area contributed by atoms with E-state index in [0.717, 1.165) is 25.0 Å². The summed E-state index contributed by atoms with van der Waals surface area (Å²) in [7, 11) is 0. The van der Waals surface area contributed by atoms with E-state index in [9.17, 15) is 8.78 Å². The summed E-state index contributed by atoms with van der Waals surface area (Å²) in [5, 5.41) is 0. The zero-order valence-electron chi connectivity index (χ0n) is 9.12. The summed E-state index contributed by atoms with van der Waals surface area (Å²) < 4.78 is 31.4. The molecule has 88 valence electrons. The molecule has 0 aliphatic carbocycles. The number of benzene rings is 1. The Labute approximate surface area is 93.4 Å². The van der Waals surface area contributed by atoms with E-state index in [-0.39, 0.29) is 18.2 Å². The number of ether oxygens (including phenoxy) is 1. The zero-order chi connectivity index (χ0) is 11.7. The zero-order valence-corrected chi connectivity index (χ0v) is 9.12. The van der Waals surface area contributed by atoms with Crippen molar-refractivity contribution in [3.05, 3.63) is 35.4 Å². The molecule has 1 heterocycles. The van der Waals surface area contributed by atoms with Crippen molar-refractivity contribution in [3.8, 4) is 0 Å². The van der Waals surface area contributed by atoms with Crippen LogP contribution >= 0.6 is 0 Å². The molecular weight excluding hydrogens is 212 g/mol. The molecular formula is C12H15F2NO. The van der Waals surface area contributed by atoms with Crippen molar-refractivity contribution >= 4 is 0 Å². The van der Waals surface area contributed by atoms with E-state index in [1.54, 1.807) is 0 Å². The Morgan fingerprint density at radius 3 is 2.62 bits per heavy atom. The first-order valence-electron chi connectivity index (χ1n) is 5.44. The van der Waals surface area contributed by atoms with Gasteiger partial charge in [-0.3, -0.25) is 0 Å². The van der Waals surface area contributed by atoms with Crippen LogP contribution in [0.5, 0.6) is 0 Å². The number of rotatable bonds is 2. The standard InChI is InChI=1S/C12H15F2NO/c1-7-2-5-11(16-7)12(15)8-3-4-9(13)10(14)6-8/h3-4,6-7,11-12H,2,5,15H2,1H3. The Balaban J connectivity index is 2.14. The van der Waals surface area contributed by atoms with E-state index in [1.165, 1.54) is 6.07 Å². The summed E-state index contributed by atoms with van der Waals surface area (Å²) in [5.41, 5.74) is 6.55. The van der Waals surface area contributed by atoms with Gasteiger partial charge in [0, 0.05) is 0 Å². The maximum absolute atomic E-state index is 13.0. The predicted octanol–water partition coefficient (Wildman–Crippen LogP) is 2.53. The van der Waals surface area contributed by atoms with Crippen molar-refractivity contribution in [2.45, 2.75) is 38.0 Å². The van der Waals surface area contributed by atoms with E-state index in [2.05, 4.69) is 0 Å². The van der Waals surface area contributed by atoms with Gasteiger partial charge in [0.05, 0.1) is 18.2 Å². The quantitative estimate of drug-likeness (QED) is 0.842. The van der Waals surface area contributed by atoms with Crippen LogP contribution in [0.15, 0.2) is 18.2 Å². The first-order chi connectivity index (χ1) is 7.58. The molecule has 2 nitrogen and oxygen atoms in total. The highest BCUT2D eigenvalue weighted by Gasteiger charge is 2.28. The van der Waals surface area contributed by atoms with Crippen LogP contribution < -0.4 is 5.73 Å². The van der Waals surface area contributed by atoms with Crippen molar-refractivity contribution in [2.75, 3.05) is 0 Å². The minimum Gasteiger partial charge on any atom is -0.373 e. The molecule has 1 aromatic rings. The molecule has 3 atom stereocenters. The Kier molecular flexibility index (Phi) is 3.21. The highest BCUT2D eigenvalue weighted by molar-refractivity contribution is 5.22. The van der Waals surface area contributed by atoms with Crippen LogP contribution in [-0.4, -0.2) is 12.2 Å². The van der Waals surface area contributed by atoms with E-state index >= 15 is 0 Å². The number of hydrogen-bond acceptors (Lipinski definition) is 2. The van der Waals surface area contributed by atoms with Crippen LogP contribution in [0.2, 0.25) is 0 Å². The Bertz CT molecular complexity index is 383. The van der Waals surface area contributed by atoms with Gasteiger partial charge in [-0.2, -0.15) is 0 Å². The predicted molar refractivity (Wildman–Crippen MR) is 56.9 cm³/mol. The largest absolute Gasteiger partial charge is 0.373 e. The van der Waals surface area contributed by atoms with Gasteiger partial charge in [0.1, 0.15) is 0 Å². The van der Waals surface area contributed by atoms with Crippen LogP contribution in [0.25, 0.3) is 0 Å². The minimum absolute atomic E-state index is 0.0974. The summed E-state index contributed by atoms with van der Waals surface area (Å²) in [5.74, 6) is -1.71. The van der Waals surface area contributed by atoms with Gasteiger partial charge in [-0.05, 0) is 37.5 Å². The second kappa shape index (κ2) is 4.47. The van der Waals surface area contributed by atoms with E-state index in [1.807, 2.05) is 6.92 Å². The molecule has 1 aromatic carbocycles. The molecule has 1 fully saturated rings. The van der Waals surface area contributed by atoms with Gasteiger partial charge < -0.3 is 10.5 Å². The fraction of sp³-hybridized carbons (Fsp3) is 0.500. The van der Waals surface area contributed by atoms with Gasteiger partial charge in [0.2, 0.25) is 0 Å². The Hall–Kier alpha value is -1.00. The molecule has 0 radical (unpaired) electrons. The van der Waals surface area contributed by atoms with Crippen LogP contribution in [-0.2, 0) is 4.74 Å². The third-order valence-electron chi connectivity index (χ3n) is 2.99. The smallest absolute Gasteiger partial charge is 0.159 e. The Morgan fingerprint density at radius 2 is 2.06 bits per heavy atom. The first kappa shape index (κ1) is 11.5. The molecule has 3 unspecified atom stereocenters. The van der Waals surface area contributed by atoms with E-state index < -0.39 is 11.6 Å². The third kappa shape index (κ3) is 2.23. The summed E-state index contributed by atoms with van der Waals surface area (Å²) in [6.07, 6.45) is 1.92. The Morgan fingerprint density at radius 1 is 1.31 bits per heavy atom. The van der Waals surface area contributed by atoms with Crippen LogP contribution in [0.3, 0.4) is 0 Å². The molecule has 1 aliphatic heterocycles. The molecule has 0 spiro atoms. The highest BCUT2D eigenvalue weighted by Crippen LogP contribution is 2.28. The topological polar surface area (TPSA) is 35.2 Å². The maximum atomic E-state index is 13.0. The van der Waals surface area contributed by atoms with Crippen LogP contribution in [0.1, 0.15) is 31.4 Å². The summed E-state index contributed by atoms with van der Waals surface area (Å²) in [6, 6.07) is 3.37. The summed E-state index contributed by atoms with van der Waals surface area (Å²) in [4.78, 5) is 0. The lowest BCUT2D eigenvalue weighted by Gasteiger charge is -2.19. The summed E-state index contributed by atoms with van der Waals surface area (Å²) in [6.45, 7) is 1.98. The SMILES string of the molecule is CC1CCC(C(N)c2ccc(F)c(F)c2)O1. The van der Waals surface area contributed by atoms with Gasteiger partial charge in [0.25, 0.3) is 0 Å². The summed E-state index contributed by atoms with van der Waals surface area (Å²) >= 11 is 0. The minimum atomic E-state index is -0.862. The number of halogens is 2. The number of hydrogen-bond donors (Lipinski definition) is 1. The highest BCUT2D eigenvalue weighted by atomic mass is 19.2. The molecule has 0 bridgehead atoms. The van der Waals surface area contributed by atoms with Gasteiger partial charge >= 0.3 is 0 Å². The molecule has 0 amide bonds. The van der Waals surface area contributed by atoms with E-state index in [4.69, 9.17) is 10.5 Å². The molecule has 1 saturated heterocycles. The molecule has 4 heteroatoms. The second-order valence-electron chi connectivity index (χ2n) is 4.26. The second-order valence-corrected chi connectivity index (χ2v) is 4.26. The maximum Gasteiger partial charge on any atom is 0.159 e. The molecule has 2 rings (SSSR count). The van der Waals surface area contributed by atoms with Gasteiger partial charge in [-0.1, -0.05) is 6.07 Å². The average molecular weight is 227 g/mol. The van der Waals surface area contributed by atoms with Crippen molar-refractivity contribution in [1.29, 1.82) is 0 Å². The van der Waals surface area contributed by atoms with Gasteiger partial charge in [-0.25, -0.2) is 8.78 Å². The molecule has 0 aromatic heterocycles. The van der Waals surface area contributed by atoms with Crippen molar-refractivity contribution in [2.24, 2.45) is 5.73 Å². The van der Waals surface area contributed by atoms with E-state index in [0.29, 0.717) is 5.56 Å². The molecule has 1 aliphatic rings. The van der Waals surface area contributed by atoms with Gasteiger partial charge in [0.15, 0.2) is 11.6 Å². The molecule has 2 N–H and O–H groups in total. The third-order valence-corrected chi connectivity index (χ3v) is 2.99. The fourth-order valence-electron chi connectivity index (χ4n) is 2.03. The van der Waals surface area contributed by atoms with Crippen molar-refractivity contribution < 1.29 is 13.5 Å². The van der Waals surface area contributed by atoms with Crippen LogP contribution in [0, 0.1) is 11.6 Å². The average Bonchev–Trinajstić information content (AvgIpc) is 2.68. The fourth-order valence-corrected chi connectivity index (χ4v) is 2.03. The number of nitrogens with two attached hydrogens (primary N) is 1. The first-order valence-corrected chi connectivity index (χ1v) is 5.44. The van der Waals surface area contributed by atoms with Crippen molar-refractivity contribution in [1.82, 2.24) is 0 Å². The van der Waals surface area contributed by atoms with Crippen molar-refractivity contribution in [3.63, 3.8) is 0 Å². The van der Waals surface area contributed by atoms with Crippen LogP contribution in [0.4, 0.5) is 8.78 Å². The normalized spacial score (nSPS) is 27.0. The monoisotopic (exact) mass is 227 g/mol. The lowest BCUT2D eigenvalue weighted by Crippen LogP contribution is -2.26. The van der Waals surface area contributed by atoms with Gasteiger partial charge in [-0.15, -0.1) is 0 Å². The molecule has 16 heavy (non-hydrogen) atoms. The lowest BCUT2D eigenvalue weighted by molar-refractivity contribution is 0.0400. The lowest BCUT2D eigenvalue weighted by atomic mass is 10.00.